The van der Waals surface area contributed by atoms with E-state index in [1.54, 1.807) is 0 Å². The topological polar surface area (TPSA) is 78.7 Å². The SMILES string of the molecule is CCc1ccccc1NC(=O)CN1CCN(C(=O)C2CCCC(N)C2)CC1. The number of piperazine rings is 1. The van der Waals surface area contributed by atoms with Gasteiger partial charge < -0.3 is 16.0 Å². The van der Waals surface area contributed by atoms with Gasteiger partial charge in [0.1, 0.15) is 0 Å². The molecule has 2 amide bonds. The normalized spacial score (nSPS) is 23.9. The molecule has 0 spiro atoms. The molecule has 27 heavy (non-hydrogen) atoms. The van der Waals surface area contributed by atoms with Gasteiger partial charge in [-0.25, -0.2) is 0 Å². The van der Waals surface area contributed by atoms with E-state index in [-0.39, 0.29) is 23.8 Å². The van der Waals surface area contributed by atoms with Crippen LogP contribution >= 0.6 is 0 Å². The molecule has 1 aliphatic heterocycles. The molecule has 0 bridgehead atoms. The molecule has 1 aromatic rings. The summed E-state index contributed by atoms with van der Waals surface area (Å²) in [6.45, 7) is 5.34. The maximum Gasteiger partial charge on any atom is 0.238 e. The van der Waals surface area contributed by atoms with Gasteiger partial charge in [-0.1, -0.05) is 31.5 Å². The predicted molar refractivity (Wildman–Crippen MR) is 107 cm³/mol. The first-order valence-electron chi connectivity index (χ1n) is 10.2. The zero-order chi connectivity index (χ0) is 19.2. The van der Waals surface area contributed by atoms with E-state index in [2.05, 4.69) is 17.1 Å². The molecule has 1 saturated heterocycles. The number of benzene rings is 1. The largest absolute Gasteiger partial charge is 0.340 e. The molecule has 6 nitrogen and oxygen atoms in total. The third-order valence-corrected chi connectivity index (χ3v) is 5.79. The fourth-order valence-corrected chi connectivity index (χ4v) is 4.18. The van der Waals surface area contributed by atoms with Crippen molar-refractivity contribution in [3.8, 4) is 0 Å². The standard InChI is InChI=1S/C21H32N4O2/c1-2-16-6-3-4-9-19(16)23-20(26)15-24-10-12-25(13-11-24)21(27)17-7-5-8-18(22)14-17/h3-4,6,9,17-18H,2,5,7-8,10-15,22H2,1H3,(H,23,26). The summed E-state index contributed by atoms with van der Waals surface area (Å²) >= 11 is 0. The van der Waals surface area contributed by atoms with Gasteiger partial charge in [-0.3, -0.25) is 14.5 Å². The van der Waals surface area contributed by atoms with E-state index in [1.807, 2.05) is 29.2 Å². The Balaban J connectivity index is 1.45. The van der Waals surface area contributed by atoms with Crippen LogP contribution in [0.4, 0.5) is 5.69 Å². The summed E-state index contributed by atoms with van der Waals surface area (Å²) < 4.78 is 0. The molecule has 3 N–H and O–H groups in total. The number of amides is 2. The van der Waals surface area contributed by atoms with Gasteiger partial charge in [0.2, 0.25) is 11.8 Å². The lowest BCUT2D eigenvalue weighted by atomic mass is 9.85. The summed E-state index contributed by atoms with van der Waals surface area (Å²) in [7, 11) is 0. The number of carbonyl (C=O) groups is 2. The van der Waals surface area contributed by atoms with Crippen molar-refractivity contribution in [1.29, 1.82) is 0 Å². The number of hydrogen-bond acceptors (Lipinski definition) is 4. The highest BCUT2D eigenvalue weighted by Gasteiger charge is 2.31. The quantitative estimate of drug-likeness (QED) is 0.827. The molecule has 1 aromatic carbocycles. The number of rotatable bonds is 5. The number of aryl methyl sites for hydroxylation is 1. The van der Waals surface area contributed by atoms with Crippen molar-refractivity contribution < 1.29 is 9.59 Å². The minimum absolute atomic E-state index is 0.00827. The van der Waals surface area contributed by atoms with Crippen LogP contribution in [0.3, 0.4) is 0 Å². The van der Waals surface area contributed by atoms with E-state index in [4.69, 9.17) is 5.73 Å². The molecular weight excluding hydrogens is 340 g/mol. The number of nitrogens with one attached hydrogen (secondary N) is 1. The second kappa shape index (κ2) is 9.33. The Kier molecular flexibility index (Phi) is 6.85. The summed E-state index contributed by atoms with van der Waals surface area (Å²) in [5.74, 6) is 0.356. The molecule has 1 aliphatic carbocycles. The minimum Gasteiger partial charge on any atom is -0.340 e. The van der Waals surface area contributed by atoms with Crippen LogP contribution in [0.25, 0.3) is 0 Å². The van der Waals surface area contributed by atoms with Gasteiger partial charge in [-0.15, -0.1) is 0 Å². The average Bonchev–Trinajstić information content (AvgIpc) is 2.68. The fourth-order valence-electron chi connectivity index (χ4n) is 4.18. The maximum atomic E-state index is 12.7. The van der Waals surface area contributed by atoms with E-state index in [0.717, 1.165) is 56.4 Å². The lowest BCUT2D eigenvalue weighted by molar-refractivity contribution is -0.138. The highest BCUT2D eigenvalue weighted by molar-refractivity contribution is 5.93. The molecule has 2 aliphatic rings. The van der Waals surface area contributed by atoms with Crippen molar-refractivity contribution >= 4 is 17.5 Å². The average molecular weight is 373 g/mol. The lowest BCUT2D eigenvalue weighted by Crippen LogP contribution is -2.52. The van der Waals surface area contributed by atoms with Crippen molar-refractivity contribution in [2.45, 2.75) is 45.1 Å². The van der Waals surface area contributed by atoms with Gasteiger partial charge in [-0.2, -0.15) is 0 Å². The van der Waals surface area contributed by atoms with Crippen LogP contribution in [0.2, 0.25) is 0 Å². The zero-order valence-corrected chi connectivity index (χ0v) is 16.3. The zero-order valence-electron chi connectivity index (χ0n) is 16.3. The summed E-state index contributed by atoms with van der Waals surface area (Å²) in [5, 5.41) is 3.02. The Morgan fingerprint density at radius 1 is 1.15 bits per heavy atom. The van der Waals surface area contributed by atoms with Crippen LogP contribution < -0.4 is 11.1 Å². The van der Waals surface area contributed by atoms with Gasteiger partial charge in [0.25, 0.3) is 0 Å². The third kappa shape index (κ3) is 5.30. The number of hydrogen-bond donors (Lipinski definition) is 2. The fraction of sp³-hybridized carbons (Fsp3) is 0.619. The third-order valence-electron chi connectivity index (χ3n) is 5.79. The summed E-state index contributed by atoms with van der Waals surface area (Å²) in [6, 6.07) is 8.09. The van der Waals surface area contributed by atoms with Crippen LogP contribution in [-0.2, 0) is 16.0 Å². The Morgan fingerprint density at radius 3 is 2.59 bits per heavy atom. The second-order valence-corrected chi connectivity index (χ2v) is 7.78. The monoisotopic (exact) mass is 372 g/mol. The Morgan fingerprint density at radius 2 is 1.89 bits per heavy atom. The van der Waals surface area contributed by atoms with Crippen molar-refractivity contribution in [3.63, 3.8) is 0 Å². The summed E-state index contributed by atoms with van der Waals surface area (Å²) in [6.07, 6.45) is 4.76. The van der Waals surface area contributed by atoms with Gasteiger partial charge in [-0.05, 0) is 37.3 Å². The number of nitrogens with two attached hydrogens (primary N) is 1. The highest BCUT2D eigenvalue weighted by atomic mass is 16.2. The van der Waals surface area contributed by atoms with Crippen LogP contribution in [-0.4, -0.2) is 60.4 Å². The minimum atomic E-state index is 0.00827. The van der Waals surface area contributed by atoms with Gasteiger partial charge >= 0.3 is 0 Å². The van der Waals surface area contributed by atoms with Crippen LogP contribution in [0, 0.1) is 5.92 Å². The molecule has 2 fully saturated rings. The Labute approximate surface area is 162 Å². The van der Waals surface area contributed by atoms with Gasteiger partial charge in [0, 0.05) is 43.8 Å². The lowest BCUT2D eigenvalue weighted by Gasteiger charge is -2.37. The van der Waals surface area contributed by atoms with E-state index >= 15 is 0 Å². The maximum absolute atomic E-state index is 12.7. The molecule has 0 radical (unpaired) electrons. The van der Waals surface area contributed by atoms with E-state index in [1.165, 1.54) is 0 Å². The first-order valence-corrected chi connectivity index (χ1v) is 10.2. The van der Waals surface area contributed by atoms with E-state index in [0.29, 0.717) is 19.6 Å². The highest BCUT2D eigenvalue weighted by Crippen LogP contribution is 2.25. The molecule has 148 valence electrons. The van der Waals surface area contributed by atoms with Crippen molar-refractivity contribution in [2.24, 2.45) is 11.7 Å². The van der Waals surface area contributed by atoms with Gasteiger partial charge in [0.05, 0.1) is 6.54 Å². The molecule has 6 heteroatoms. The van der Waals surface area contributed by atoms with Crippen molar-refractivity contribution in [3.05, 3.63) is 29.8 Å². The molecule has 0 aromatic heterocycles. The Hall–Kier alpha value is -1.92. The number of nitrogens with zero attached hydrogens (tertiary/aromatic N) is 2. The van der Waals surface area contributed by atoms with Crippen LogP contribution in [0.15, 0.2) is 24.3 Å². The first-order chi connectivity index (χ1) is 13.1. The van der Waals surface area contributed by atoms with Crippen molar-refractivity contribution in [1.82, 2.24) is 9.80 Å². The van der Waals surface area contributed by atoms with Crippen molar-refractivity contribution in [2.75, 3.05) is 38.0 Å². The summed E-state index contributed by atoms with van der Waals surface area (Å²) in [4.78, 5) is 29.2. The molecule has 1 heterocycles. The summed E-state index contributed by atoms with van der Waals surface area (Å²) in [5.41, 5.74) is 8.07. The molecule has 2 atom stereocenters. The number of para-hydroxylation sites is 1. The van der Waals surface area contributed by atoms with Crippen LogP contribution in [0.5, 0.6) is 0 Å². The number of carbonyl (C=O) groups excluding carboxylic acids is 2. The molecule has 2 unspecified atom stereocenters. The number of anilines is 1. The molecule has 1 saturated carbocycles. The first kappa shape index (κ1) is 19.8. The van der Waals surface area contributed by atoms with Crippen LogP contribution in [0.1, 0.15) is 38.2 Å². The molecular formula is C21H32N4O2. The van der Waals surface area contributed by atoms with Gasteiger partial charge in [0.15, 0.2) is 0 Å². The van der Waals surface area contributed by atoms with E-state index < -0.39 is 0 Å². The smallest absolute Gasteiger partial charge is 0.238 e. The van der Waals surface area contributed by atoms with E-state index in [9.17, 15) is 9.59 Å². The second-order valence-electron chi connectivity index (χ2n) is 7.78. The Bertz CT molecular complexity index is 655. The molecule has 3 rings (SSSR count). The predicted octanol–water partition coefficient (Wildman–Crippen LogP) is 1.85.